The van der Waals surface area contributed by atoms with Gasteiger partial charge in [0.2, 0.25) is 0 Å². The molecule has 1 heterocycles. The molecule has 1 atom stereocenters. The number of nitro benzene ring substituents is 1. The van der Waals surface area contributed by atoms with Crippen molar-refractivity contribution < 1.29 is 9.72 Å². The molecule has 1 aliphatic heterocycles. The van der Waals surface area contributed by atoms with Crippen LogP contribution in [0.15, 0.2) is 22.7 Å². The molecule has 2 rings (SSSR count). The van der Waals surface area contributed by atoms with Gasteiger partial charge in [-0.25, -0.2) is 0 Å². The van der Waals surface area contributed by atoms with Gasteiger partial charge in [0.25, 0.3) is 11.6 Å². The Hall–Kier alpha value is -1.47. The molecule has 0 spiro atoms. The number of hydrogen-bond acceptors (Lipinski definition) is 4. The first kappa shape index (κ1) is 15.9. The molecule has 0 radical (unpaired) electrons. The fourth-order valence-corrected chi connectivity index (χ4v) is 3.08. The van der Waals surface area contributed by atoms with Gasteiger partial charge in [0.1, 0.15) is 0 Å². The molecule has 0 saturated carbocycles. The molecule has 1 aromatic carbocycles. The molecule has 0 bridgehead atoms. The van der Waals surface area contributed by atoms with Crippen LogP contribution in [0.4, 0.5) is 5.69 Å². The molecular weight excluding hydrogens is 338 g/mol. The van der Waals surface area contributed by atoms with E-state index in [0.29, 0.717) is 22.6 Å². The highest BCUT2D eigenvalue weighted by molar-refractivity contribution is 9.10. The van der Waals surface area contributed by atoms with E-state index in [1.54, 1.807) is 0 Å². The van der Waals surface area contributed by atoms with Crippen LogP contribution in [0, 0.1) is 10.1 Å². The summed E-state index contributed by atoms with van der Waals surface area (Å²) >= 11 is 3.27. The maximum Gasteiger partial charge on any atom is 0.270 e. The molecule has 1 amide bonds. The average Bonchev–Trinajstić information content (AvgIpc) is 2.92. The summed E-state index contributed by atoms with van der Waals surface area (Å²) < 4.78 is 0.560. The lowest BCUT2D eigenvalue weighted by molar-refractivity contribution is -0.384. The number of likely N-dealkylation sites (tertiary alicyclic amines) is 1. The van der Waals surface area contributed by atoms with E-state index in [1.807, 2.05) is 0 Å². The predicted octanol–water partition coefficient (Wildman–Crippen LogP) is 2.57. The number of carbonyl (C=O) groups excluding carboxylic acids is 1. The van der Waals surface area contributed by atoms with Crippen LogP contribution in [-0.4, -0.2) is 41.4 Å². The van der Waals surface area contributed by atoms with Gasteiger partial charge in [0.05, 0.1) is 10.5 Å². The van der Waals surface area contributed by atoms with Crippen LogP contribution in [0.1, 0.15) is 30.1 Å². The summed E-state index contributed by atoms with van der Waals surface area (Å²) in [4.78, 5) is 24.8. The highest BCUT2D eigenvalue weighted by Gasteiger charge is 2.24. The summed E-state index contributed by atoms with van der Waals surface area (Å²) in [6.45, 7) is 4.72. The third kappa shape index (κ3) is 3.79. The lowest BCUT2D eigenvalue weighted by Crippen LogP contribution is -2.40. The second-order valence-corrected chi connectivity index (χ2v) is 5.91. The number of benzene rings is 1. The van der Waals surface area contributed by atoms with E-state index in [1.165, 1.54) is 18.2 Å². The predicted molar refractivity (Wildman–Crippen MR) is 83.4 cm³/mol. The standard InChI is InChI=1S/C14H18BrN3O3/c1-2-17-7-3-4-11(17)9-16-14(19)12-8-10(18(20)21)5-6-13(12)15/h5-6,8,11H,2-4,7,9H2,1H3,(H,16,19). The van der Waals surface area contributed by atoms with Crippen LogP contribution >= 0.6 is 15.9 Å². The molecule has 1 unspecified atom stereocenters. The van der Waals surface area contributed by atoms with Crippen molar-refractivity contribution in [2.24, 2.45) is 0 Å². The topological polar surface area (TPSA) is 75.5 Å². The van der Waals surface area contributed by atoms with Crippen LogP contribution in [0.25, 0.3) is 0 Å². The van der Waals surface area contributed by atoms with E-state index in [2.05, 4.69) is 33.1 Å². The number of rotatable bonds is 5. The van der Waals surface area contributed by atoms with E-state index in [9.17, 15) is 14.9 Å². The first-order valence-electron chi connectivity index (χ1n) is 6.99. The SMILES string of the molecule is CCN1CCCC1CNC(=O)c1cc([N+](=O)[O-])ccc1Br. The number of hydrogen-bond donors (Lipinski definition) is 1. The Kier molecular flexibility index (Phi) is 5.30. The second kappa shape index (κ2) is 7.00. The second-order valence-electron chi connectivity index (χ2n) is 5.06. The molecule has 1 aliphatic rings. The Morgan fingerprint density at radius 2 is 2.33 bits per heavy atom. The maximum absolute atomic E-state index is 12.2. The number of nitro groups is 1. The first-order valence-corrected chi connectivity index (χ1v) is 7.78. The number of likely N-dealkylation sites (N-methyl/N-ethyl adjacent to an activating group) is 1. The third-order valence-corrected chi connectivity index (χ3v) is 4.50. The van der Waals surface area contributed by atoms with Gasteiger partial charge in [0, 0.05) is 29.2 Å². The number of amides is 1. The molecule has 0 aromatic heterocycles. The summed E-state index contributed by atoms with van der Waals surface area (Å²) in [5.41, 5.74) is 0.213. The van der Waals surface area contributed by atoms with Crippen LogP contribution in [0.2, 0.25) is 0 Å². The zero-order chi connectivity index (χ0) is 15.4. The number of nitrogens with zero attached hydrogens (tertiary/aromatic N) is 2. The molecule has 1 fully saturated rings. The van der Waals surface area contributed by atoms with Gasteiger partial charge in [-0.2, -0.15) is 0 Å². The largest absolute Gasteiger partial charge is 0.350 e. The minimum absolute atomic E-state index is 0.0839. The molecule has 1 aromatic rings. The monoisotopic (exact) mass is 355 g/mol. The third-order valence-electron chi connectivity index (χ3n) is 3.81. The number of carbonyl (C=O) groups is 1. The first-order chi connectivity index (χ1) is 10.0. The zero-order valence-corrected chi connectivity index (χ0v) is 13.4. The van der Waals surface area contributed by atoms with Gasteiger partial charge in [-0.05, 0) is 47.9 Å². The Morgan fingerprint density at radius 1 is 1.57 bits per heavy atom. The lowest BCUT2D eigenvalue weighted by atomic mass is 10.1. The Morgan fingerprint density at radius 3 is 3.00 bits per heavy atom. The van der Waals surface area contributed by atoms with Gasteiger partial charge in [-0.3, -0.25) is 19.8 Å². The number of halogens is 1. The van der Waals surface area contributed by atoms with E-state index in [-0.39, 0.29) is 11.6 Å². The molecule has 114 valence electrons. The van der Waals surface area contributed by atoms with E-state index in [4.69, 9.17) is 0 Å². The van der Waals surface area contributed by atoms with E-state index < -0.39 is 4.92 Å². The van der Waals surface area contributed by atoms with Crippen molar-refractivity contribution in [1.29, 1.82) is 0 Å². The average molecular weight is 356 g/mol. The Labute approximate surface area is 131 Å². The van der Waals surface area contributed by atoms with Crippen LogP contribution in [0.3, 0.4) is 0 Å². The van der Waals surface area contributed by atoms with Gasteiger partial charge < -0.3 is 5.32 Å². The van der Waals surface area contributed by atoms with Gasteiger partial charge >= 0.3 is 0 Å². The Bertz CT molecular complexity index is 550. The summed E-state index contributed by atoms with van der Waals surface area (Å²) in [7, 11) is 0. The van der Waals surface area contributed by atoms with Crippen molar-refractivity contribution in [1.82, 2.24) is 10.2 Å². The smallest absolute Gasteiger partial charge is 0.270 e. The van der Waals surface area contributed by atoms with E-state index >= 15 is 0 Å². The molecule has 6 nitrogen and oxygen atoms in total. The van der Waals surface area contributed by atoms with Gasteiger partial charge in [-0.1, -0.05) is 6.92 Å². The molecule has 1 N–H and O–H groups in total. The molecule has 0 aliphatic carbocycles. The van der Waals surface area contributed by atoms with Crippen molar-refractivity contribution in [3.8, 4) is 0 Å². The molecule has 7 heteroatoms. The van der Waals surface area contributed by atoms with Crippen LogP contribution < -0.4 is 5.32 Å². The van der Waals surface area contributed by atoms with Crippen LogP contribution in [0.5, 0.6) is 0 Å². The highest BCUT2D eigenvalue weighted by Crippen LogP contribution is 2.23. The Balaban J connectivity index is 2.03. The van der Waals surface area contributed by atoms with Gasteiger partial charge in [0.15, 0.2) is 0 Å². The zero-order valence-electron chi connectivity index (χ0n) is 11.8. The molecule has 1 saturated heterocycles. The normalized spacial score (nSPS) is 18.7. The number of nitrogens with one attached hydrogen (secondary N) is 1. The fraction of sp³-hybridized carbons (Fsp3) is 0.500. The van der Waals surface area contributed by atoms with E-state index in [0.717, 1.165) is 25.9 Å². The van der Waals surface area contributed by atoms with Crippen molar-refractivity contribution in [3.05, 3.63) is 38.3 Å². The highest BCUT2D eigenvalue weighted by atomic mass is 79.9. The quantitative estimate of drug-likeness (QED) is 0.650. The lowest BCUT2D eigenvalue weighted by Gasteiger charge is -2.22. The van der Waals surface area contributed by atoms with Crippen LogP contribution in [-0.2, 0) is 0 Å². The number of non-ortho nitro benzene ring substituents is 1. The molecular formula is C14H18BrN3O3. The summed E-state index contributed by atoms with van der Waals surface area (Å²) in [6, 6.07) is 4.56. The summed E-state index contributed by atoms with van der Waals surface area (Å²) in [6.07, 6.45) is 2.22. The summed E-state index contributed by atoms with van der Waals surface area (Å²) in [5.74, 6) is -0.284. The molecule has 21 heavy (non-hydrogen) atoms. The minimum Gasteiger partial charge on any atom is -0.350 e. The van der Waals surface area contributed by atoms with Crippen molar-refractivity contribution >= 4 is 27.5 Å². The fourth-order valence-electron chi connectivity index (χ4n) is 2.65. The maximum atomic E-state index is 12.2. The van der Waals surface area contributed by atoms with Gasteiger partial charge in [-0.15, -0.1) is 0 Å². The van der Waals surface area contributed by atoms with Crippen molar-refractivity contribution in [2.45, 2.75) is 25.8 Å². The van der Waals surface area contributed by atoms with Crippen molar-refractivity contribution in [3.63, 3.8) is 0 Å². The van der Waals surface area contributed by atoms with Crippen molar-refractivity contribution in [2.75, 3.05) is 19.6 Å². The summed E-state index contributed by atoms with van der Waals surface area (Å²) in [5, 5.41) is 13.7. The minimum atomic E-state index is -0.501.